The number of nitrogens with two attached hydrogens (primary N) is 1. The molecule has 0 saturated carbocycles. The van der Waals surface area contributed by atoms with Gasteiger partial charge >= 0.3 is 0 Å². The molecule has 2 N–H and O–H groups in total. The Morgan fingerprint density at radius 2 is 1.80 bits per heavy atom. The number of hydrogen-bond acceptors (Lipinski definition) is 3. The third-order valence-electron chi connectivity index (χ3n) is 3.34. The maximum absolute atomic E-state index is 12.1. The molecule has 2 rings (SSSR count). The highest BCUT2D eigenvalue weighted by Crippen LogP contribution is 2.34. The lowest BCUT2D eigenvalue weighted by Gasteiger charge is -2.26. The van der Waals surface area contributed by atoms with Crippen molar-refractivity contribution in [3.05, 3.63) is 26.6 Å². The van der Waals surface area contributed by atoms with Crippen LogP contribution in [-0.4, -0.2) is 30.5 Å². The van der Waals surface area contributed by atoms with Crippen molar-refractivity contribution in [3.8, 4) is 5.75 Å². The standard InChI is InChI=1S/C14H18Br2N2O2/c15-11-6-10(8-17)7-12(16)14(11)20-9-13(19)18-4-2-1-3-5-18/h6-7H,1-5,8-9,17H2. The molecule has 4 nitrogen and oxygen atoms in total. The third kappa shape index (κ3) is 3.96. The molecule has 0 atom stereocenters. The molecule has 1 heterocycles. The zero-order valence-corrected chi connectivity index (χ0v) is 14.4. The van der Waals surface area contributed by atoms with E-state index in [1.54, 1.807) is 0 Å². The quantitative estimate of drug-likeness (QED) is 0.837. The molecule has 0 spiro atoms. The number of nitrogens with zero attached hydrogens (tertiary/aromatic N) is 1. The Bertz CT molecular complexity index is 465. The highest BCUT2D eigenvalue weighted by atomic mass is 79.9. The first-order chi connectivity index (χ1) is 9.61. The number of carbonyl (C=O) groups excluding carboxylic acids is 1. The summed E-state index contributed by atoms with van der Waals surface area (Å²) in [6.07, 6.45) is 3.39. The van der Waals surface area contributed by atoms with Crippen LogP contribution in [-0.2, 0) is 11.3 Å². The summed E-state index contributed by atoms with van der Waals surface area (Å²) in [7, 11) is 0. The average molecular weight is 406 g/mol. The monoisotopic (exact) mass is 404 g/mol. The molecule has 1 aliphatic heterocycles. The lowest BCUT2D eigenvalue weighted by molar-refractivity contribution is -0.134. The van der Waals surface area contributed by atoms with Crippen molar-refractivity contribution in [1.29, 1.82) is 0 Å². The number of amides is 1. The molecular formula is C14H18Br2N2O2. The first kappa shape index (κ1) is 15.8. The van der Waals surface area contributed by atoms with Crippen LogP contribution in [0.1, 0.15) is 24.8 Å². The van der Waals surface area contributed by atoms with Gasteiger partial charge in [-0.15, -0.1) is 0 Å². The van der Waals surface area contributed by atoms with Crippen LogP contribution in [0.25, 0.3) is 0 Å². The summed E-state index contributed by atoms with van der Waals surface area (Å²) in [5, 5.41) is 0. The normalized spacial score (nSPS) is 15.2. The van der Waals surface area contributed by atoms with E-state index in [0.717, 1.165) is 40.4 Å². The number of ether oxygens (including phenoxy) is 1. The van der Waals surface area contributed by atoms with E-state index in [-0.39, 0.29) is 12.5 Å². The molecule has 1 amide bonds. The number of benzene rings is 1. The SMILES string of the molecule is NCc1cc(Br)c(OCC(=O)N2CCCCC2)c(Br)c1. The van der Waals surface area contributed by atoms with Crippen molar-refractivity contribution in [1.82, 2.24) is 4.90 Å². The number of piperidine rings is 1. The Hall–Kier alpha value is -0.590. The van der Waals surface area contributed by atoms with E-state index >= 15 is 0 Å². The Kier molecular flexibility index (Phi) is 5.86. The van der Waals surface area contributed by atoms with Crippen LogP contribution in [0.5, 0.6) is 5.75 Å². The highest BCUT2D eigenvalue weighted by molar-refractivity contribution is 9.11. The zero-order chi connectivity index (χ0) is 14.5. The van der Waals surface area contributed by atoms with Crippen molar-refractivity contribution in [2.45, 2.75) is 25.8 Å². The van der Waals surface area contributed by atoms with Gasteiger partial charge in [0.2, 0.25) is 0 Å². The van der Waals surface area contributed by atoms with Gasteiger partial charge in [0.25, 0.3) is 5.91 Å². The predicted molar refractivity (Wildman–Crippen MR) is 85.7 cm³/mol. The van der Waals surface area contributed by atoms with Gasteiger partial charge in [0.1, 0.15) is 5.75 Å². The van der Waals surface area contributed by atoms with E-state index in [9.17, 15) is 4.79 Å². The summed E-state index contributed by atoms with van der Waals surface area (Å²) >= 11 is 6.90. The van der Waals surface area contributed by atoms with Crippen LogP contribution >= 0.6 is 31.9 Å². The Morgan fingerprint density at radius 1 is 1.20 bits per heavy atom. The second-order valence-electron chi connectivity index (χ2n) is 4.82. The van der Waals surface area contributed by atoms with E-state index in [0.29, 0.717) is 12.3 Å². The van der Waals surface area contributed by atoms with Gasteiger partial charge in [-0.1, -0.05) is 0 Å². The van der Waals surface area contributed by atoms with Gasteiger partial charge in [0.15, 0.2) is 6.61 Å². The second kappa shape index (κ2) is 7.43. The molecule has 1 aliphatic rings. The van der Waals surface area contributed by atoms with Gasteiger partial charge in [-0.05, 0) is 68.8 Å². The minimum Gasteiger partial charge on any atom is -0.481 e. The maximum Gasteiger partial charge on any atom is 0.260 e. The van der Waals surface area contributed by atoms with Gasteiger partial charge in [0, 0.05) is 19.6 Å². The average Bonchev–Trinajstić information content (AvgIpc) is 2.46. The van der Waals surface area contributed by atoms with Gasteiger partial charge in [-0.3, -0.25) is 4.79 Å². The number of likely N-dealkylation sites (tertiary alicyclic amines) is 1. The molecule has 1 fully saturated rings. The summed E-state index contributed by atoms with van der Waals surface area (Å²) in [5.74, 6) is 0.693. The first-order valence-electron chi connectivity index (χ1n) is 6.70. The van der Waals surface area contributed by atoms with Crippen molar-refractivity contribution in [2.75, 3.05) is 19.7 Å². The molecule has 0 bridgehead atoms. The molecule has 1 aromatic carbocycles. The topological polar surface area (TPSA) is 55.6 Å². The Labute approximate surface area is 135 Å². The van der Waals surface area contributed by atoms with Crippen molar-refractivity contribution in [2.24, 2.45) is 5.73 Å². The minimum atomic E-state index is 0.0476. The summed E-state index contributed by atoms with van der Waals surface area (Å²) in [5.41, 5.74) is 6.61. The molecule has 0 aliphatic carbocycles. The molecule has 1 aromatic rings. The number of carbonyl (C=O) groups is 1. The zero-order valence-electron chi connectivity index (χ0n) is 11.2. The van der Waals surface area contributed by atoms with Crippen LogP contribution < -0.4 is 10.5 Å². The maximum atomic E-state index is 12.1. The lowest BCUT2D eigenvalue weighted by atomic mass is 10.1. The molecule has 1 saturated heterocycles. The van der Waals surface area contributed by atoms with Gasteiger partial charge in [-0.25, -0.2) is 0 Å². The highest BCUT2D eigenvalue weighted by Gasteiger charge is 2.18. The first-order valence-corrected chi connectivity index (χ1v) is 8.29. The van der Waals surface area contributed by atoms with Gasteiger partial charge in [-0.2, -0.15) is 0 Å². The fourth-order valence-electron chi connectivity index (χ4n) is 2.24. The summed E-state index contributed by atoms with van der Waals surface area (Å²) < 4.78 is 7.27. The van der Waals surface area contributed by atoms with Crippen LogP contribution in [0, 0.1) is 0 Å². The van der Waals surface area contributed by atoms with E-state index in [1.165, 1.54) is 6.42 Å². The number of rotatable bonds is 4. The smallest absolute Gasteiger partial charge is 0.260 e. The summed E-state index contributed by atoms with van der Waals surface area (Å²) in [4.78, 5) is 13.9. The number of halogens is 2. The van der Waals surface area contributed by atoms with Gasteiger partial charge < -0.3 is 15.4 Å². The van der Waals surface area contributed by atoms with E-state index in [4.69, 9.17) is 10.5 Å². The Balaban J connectivity index is 1.98. The lowest BCUT2D eigenvalue weighted by Crippen LogP contribution is -2.38. The summed E-state index contributed by atoms with van der Waals surface area (Å²) in [6.45, 7) is 2.22. The minimum absolute atomic E-state index is 0.0476. The Morgan fingerprint density at radius 3 is 2.35 bits per heavy atom. The van der Waals surface area contributed by atoms with Crippen molar-refractivity contribution >= 4 is 37.8 Å². The fourth-order valence-corrected chi connectivity index (χ4v) is 3.75. The number of hydrogen-bond donors (Lipinski definition) is 1. The molecule has 0 unspecified atom stereocenters. The molecule has 110 valence electrons. The summed E-state index contributed by atoms with van der Waals surface area (Å²) in [6, 6.07) is 3.82. The fraction of sp³-hybridized carbons (Fsp3) is 0.500. The largest absolute Gasteiger partial charge is 0.481 e. The van der Waals surface area contributed by atoms with Crippen molar-refractivity contribution in [3.63, 3.8) is 0 Å². The van der Waals surface area contributed by atoms with E-state index in [2.05, 4.69) is 31.9 Å². The molecular weight excluding hydrogens is 388 g/mol. The van der Waals surface area contributed by atoms with Gasteiger partial charge in [0.05, 0.1) is 8.95 Å². The predicted octanol–water partition coefficient (Wildman–Crippen LogP) is 3.06. The molecule has 20 heavy (non-hydrogen) atoms. The van der Waals surface area contributed by atoms with E-state index in [1.807, 2.05) is 17.0 Å². The van der Waals surface area contributed by atoms with E-state index < -0.39 is 0 Å². The second-order valence-corrected chi connectivity index (χ2v) is 6.53. The molecule has 0 aromatic heterocycles. The van der Waals surface area contributed by atoms with Crippen LogP contribution in [0.4, 0.5) is 0 Å². The van der Waals surface area contributed by atoms with Crippen LogP contribution in [0.3, 0.4) is 0 Å². The molecule has 6 heteroatoms. The third-order valence-corrected chi connectivity index (χ3v) is 4.52. The van der Waals surface area contributed by atoms with Crippen molar-refractivity contribution < 1.29 is 9.53 Å². The van der Waals surface area contributed by atoms with Crippen LogP contribution in [0.15, 0.2) is 21.1 Å². The molecule has 0 radical (unpaired) electrons. The van der Waals surface area contributed by atoms with Crippen LogP contribution in [0.2, 0.25) is 0 Å².